The zero-order valence-corrected chi connectivity index (χ0v) is 15.6. The Kier molecular flexibility index (Phi) is 5.66. The molecule has 25 heavy (non-hydrogen) atoms. The molecule has 0 aliphatic heterocycles. The minimum Gasteiger partial charge on any atom is -0.363 e. The smallest absolute Gasteiger partial charge is 0.169 e. The highest BCUT2D eigenvalue weighted by atomic mass is 32.1. The third-order valence-corrected chi connectivity index (χ3v) is 4.76. The molecular weight excluding hydrogens is 328 g/mol. The van der Waals surface area contributed by atoms with Crippen molar-refractivity contribution in [1.82, 2.24) is 20.2 Å². The zero-order chi connectivity index (χ0) is 17.6. The molecule has 0 bridgehead atoms. The van der Waals surface area contributed by atoms with Gasteiger partial charge in [0.05, 0.1) is 12.2 Å². The summed E-state index contributed by atoms with van der Waals surface area (Å²) >= 11 is 5.58. The van der Waals surface area contributed by atoms with Crippen LogP contribution >= 0.6 is 12.2 Å². The van der Waals surface area contributed by atoms with E-state index in [1.165, 1.54) is 22.2 Å². The molecule has 3 aromatic rings. The van der Waals surface area contributed by atoms with Crippen molar-refractivity contribution in [3.05, 3.63) is 65.6 Å². The number of aryl methyl sites for hydroxylation is 1. The number of H-pyrrole nitrogens is 1. The molecule has 3 rings (SSSR count). The first kappa shape index (κ1) is 17.4. The van der Waals surface area contributed by atoms with Crippen molar-refractivity contribution in [2.75, 3.05) is 13.1 Å². The molecule has 1 aromatic carbocycles. The Hall–Kier alpha value is -2.40. The van der Waals surface area contributed by atoms with Gasteiger partial charge in [0, 0.05) is 35.9 Å². The van der Waals surface area contributed by atoms with Gasteiger partial charge in [-0.1, -0.05) is 24.3 Å². The number of thiocarbonyl (C=S) groups is 1. The van der Waals surface area contributed by atoms with Gasteiger partial charge in [0.1, 0.15) is 0 Å². The first-order valence-corrected chi connectivity index (χ1v) is 9.08. The number of hydrogen-bond acceptors (Lipinski definition) is 2. The van der Waals surface area contributed by atoms with Gasteiger partial charge < -0.3 is 15.2 Å². The van der Waals surface area contributed by atoms with Crippen LogP contribution in [0, 0.1) is 6.92 Å². The van der Waals surface area contributed by atoms with Crippen molar-refractivity contribution in [2.45, 2.75) is 26.8 Å². The number of rotatable bonds is 6. The van der Waals surface area contributed by atoms with Gasteiger partial charge in [0.2, 0.25) is 0 Å². The molecule has 2 heterocycles. The Labute approximate surface area is 154 Å². The van der Waals surface area contributed by atoms with E-state index >= 15 is 0 Å². The third-order valence-electron chi connectivity index (χ3n) is 4.35. The molecule has 2 aromatic heterocycles. The Morgan fingerprint density at radius 1 is 1.20 bits per heavy atom. The van der Waals surface area contributed by atoms with Crippen LogP contribution in [0.15, 0.2) is 48.7 Å². The number of aromatic nitrogens is 2. The van der Waals surface area contributed by atoms with E-state index < -0.39 is 0 Å². The lowest BCUT2D eigenvalue weighted by Crippen LogP contribution is -2.40. The van der Waals surface area contributed by atoms with Crippen molar-refractivity contribution >= 4 is 28.2 Å². The lowest BCUT2D eigenvalue weighted by Gasteiger charge is -2.25. The van der Waals surface area contributed by atoms with Crippen LogP contribution in [0.4, 0.5) is 0 Å². The van der Waals surface area contributed by atoms with E-state index in [9.17, 15) is 0 Å². The number of pyridine rings is 1. The number of para-hydroxylation sites is 1. The SMILES string of the molecule is CCNC(=S)N(CCc1c(C)[nH]c2ccccc12)Cc1ccccn1. The van der Waals surface area contributed by atoms with Gasteiger partial charge in [-0.3, -0.25) is 4.98 Å². The molecule has 0 amide bonds. The number of benzene rings is 1. The van der Waals surface area contributed by atoms with Crippen molar-refractivity contribution < 1.29 is 0 Å². The molecule has 0 aliphatic rings. The predicted molar refractivity (Wildman–Crippen MR) is 108 cm³/mol. The standard InChI is InChI=1S/C20H24N4S/c1-3-21-20(25)24(14-16-8-6-7-12-22-16)13-11-17-15(2)23-19-10-5-4-9-18(17)19/h4-10,12,23H,3,11,13-14H2,1-2H3,(H,21,25). The summed E-state index contributed by atoms with van der Waals surface area (Å²) in [5.41, 5.74) is 4.81. The summed E-state index contributed by atoms with van der Waals surface area (Å²) in [7, 11) is 0. The highest BCUT2D eigenvalue weighted by molar-refractivity contribution is 7.80. The molecule has 130 valence electrons. The number of hydrogen-bond donors (Lipinski definition) is 2. The van der Waals surface area contributed by atoms with E-state index in [1.54, 1.807) is 0 Å². The minimum absolute atomic E-state index is 0.716. The van der Waals surface area contributed by atoms with E-state index in [-0.39, 0.29) is 0 Å². The fourth-order valence-electron chi connectivity index (χ4n) is 3.11. The van der Waals surface area contributed by atoms with Crippen LogP contribution in [0.3, 0.4) is 0 Å². The summed E-state index contributed by atoms with van der Waals surface area (Å²) in [6, 6.07) is 14.5. The molecule has 5 heteroatoms. The second-order valence-electron chi connectivity index (χ2n) is 6.10. The fraction of sp³-hybridized carbons (Fsp3) is 0.300. The first-order chi connectivity index (χ1) is 12.2. The molecule has 0 aliphatic carbocycles. The van der Waals surface area contributed by atoms with Crippen molar-refractivity contribution in [1.29, 1.82) is 0 Å². The minimum atomic E-state index is 0.716. The van der Waals surface area contributed by atoms with E-state index in [2.05, 4.69) is 58.3 Å². The quantitative estimate of drug-likeness (QED) is 0.662. The second-order valence-corrected chi connectivity index (χ2v) is 6.49. The average molecular weight is 353 g/mol. The highest BCUT2D eigenvalue weighted by Crippen LogP contribution is 2.22. The van der Waals surface area contributed by atoms with Crippen molar-refractivity contribution in [2.24, 2.45) is 0 Å². The molecular formula is C20H24N4S. The third kappa shape index (κ3) is 4.17. The maximum atomic E-state index is 5.58. The van der Waals surface area contributed by atoms with E-state index in [0.29, 0.717) is 6.54 Å². The summed E-state index contributed by atoms with van der Waals surface area (Å²) < 4.78 is 0. The highest BCUT2D eigenvalue weighted by Gasteiger charge is 2.13. The number of fused-ring (bicyclic) bond motifs is 1. The van der Waals surface area contributed by atoms with Crippen LogP contribution < -0.4 is 5.32 Å². The van der Waals surface area contributed by atoms with Crippen LogP contribution in [-0.4, -0.2) is 33.1 Å². The van der Waals surface area contributed by atoms with Gasteiger partial charge in [-0.05, 0) is 56.2 Å². The normalized spacial score (nSPS) is 10.8. The Balaban J connectivity index is 1.77. The molecule has 2 N–H and O–H groups in total. The molecule has 0 unspecified atom stereocenters. The summed E-state index contributed by atoms with van der Waals surface area (Å²) in [6.45, 7) is 6.60. The van der Waals surface area contributed by atoms with Gasteiger partial charge in [-0.2, -0.15) is 0 Å². The molecule has 0 spiro atoms. The topological polar surface area (TPSA) is 44.0 Å². The first-order valence-electron chi connectivity index (χ1n) is 8.68. The maximum Gasteiger partial charge on any atom is 0.169 e. The van der Waals surface area contributed by atoms with Crippen LogP contribution in [0.1, 0.15) is 23.9 Å². The monoisotopic (exact) mass is 352 g/mol. The van der Waals surface area contributed by atoms with E-state index in [0.717, 1.165) is 30.3 Å². The molecule has 0 atom stereocenters. The van der Waals surface area contributed by atoms with Gasteiger partial charge in [0.25, 0.3) is 0 Å². The molecule has 0 saturated heterocycles. The van der Waals surface area contributed by atoms with Crippen molar-refractivity contribution in [3.8, 4) is 0 Å². The number of nitrogens with one attached hydrogen (secondary N) is 2. The summed E-state index contributed by atoms with van der Waals surface area (Å²) in [6.07, 6.45) is 2.77. The lowest BCUT2D eigenvalue weighted by atomic mass is 10.1. The Bertz CT molecular complexity index is 841. The molecule has 0 radical (unpaired) electrons. The Morgan fingerprint density at radius 2 is 2.00 bits per heavy atom. The fourth-order valence-corrected chi connectivity index (χ4v) is 3.41. The second kappa shape index (κ2) is 8.12. The zero-order valence-electron chi connectivity index (χ0n) is 14.7. The largest absolute Gasteiger partial charge is 0.363 e. The molecule has 0 saturated carbocycles. The predicted octanol–water partition coefficient (Wildman–Crippen LogP) is 3.81. The molecule has 4 nitrogen and oxygen atoms in total. The van der Waals surface area contributed by atoms with Gasteiger partial charge >= 0.3 is 0 Å². The van der Waals surface area contributed by atoms with Gasteiger partial charge in [-0.15, -0.1) is 0 Å². The Morgan fingerprint density at radius 3 is 2.76 bits per heavy atom. The lowest BCUT2D eigenvalue weighted by molar-refractivity contribution is 0.405. The van der Waals surface area contributed by atoms with Crippen LogP contribution in [0.25, 0.3) is 10.9 Å². The number of aromatic amines is 1. The van der Waals surface area contributed by atoms with E-state index in [1.807, 2.05) is 24.4 Å². The maximum absolute atomic E-state index is 5.58. The van der Waals surface area contributed by atoms with Gasteiger partial charge in [-0.25, -0.2) is 0 Å². The van der Waals surface area contributed by atoms with Gasteiger partial charge in [0.15, 0.2) is 5.11 Å². The summed E-state index contributed by atoms with van der Waals surface area (Å²) in [5, 5.41) is 5.35. The van der Waals surface area contributed by atoms with Crippen LogP contribution in [0.2, 0.25) is 0 Å². The molecule has 0 fully saturated rings. The summed E-state index contributed by atoms with van der Waals surface area (Å²) in [4.78, 5) is 10.1. The summed E-state index contributed by atoms with van der Waals surface area (Å²) in [5.74, 6) is 0. The van der Waals surface area contributed by atoms with E-state index in [4.69, 9.17) is 12.2 Å². The van der Waals surface area contributed by atoms with Crippen LogP contribution in [0.5, 0.6) is 0 Å². The van der Waals surface area contributed by atoms with Crippen LogP contribution in [-0.2, 0) is 13.0 Å². The number of nitrogens with zero attached hydrogens (tertiary/aromatic N) is 2. The van der Waals surface area contributed by atoms with Crippen molar-refractivity contribution in [3.63, 3.8) is 0 Å². The average Bonchev–Trinajstić information content (AvgIpc) is 2.95.